The van der Waals surface area contributed by atoms with Crippen molar-refractivity contribution < 1.29 is 4.79 Å². The first-order chi connectivity index (χ1) is 10.1. The van der Waals surface area contributed by atoms with Gasteiger partial charge in [-0.2, -0.15) is 0 Å². The van der Waals surface area contributed by atoms with Crippen LogP contribution in [0.5, 0.6) is 0 Å². The summed E-state index contributed by atoms with van der Waals surface area (Å²) in [5.74, 6) is 0.710. The van der Waals surface area contributed by atoms with Gasteiger partial charge >= 0.3 is 0 Å². The number of rotatable bonds is 6. The molecule has 0 spiro atoms. The Labute approximate surface area is 128 Å². The molecule has 2 unspecified atom stereocenters. The highest BCUT2D eigenvalue weighted by Gasteiger charge is 2.39. The number of carbonyl (C=O) groups excluding carboxylic acids is 1. The van der Waals surface area contributed by atoms with Gasteiger partial charge in [-0.25, -0.2) is 0 Å². The lowest BCUT2D eigenvalue weighted by molar-refractivity contribution is -0.128. The molecule has 1 aliphatic rings. The van der Waals surface area contributed by atoms with Crippen molar-refractivity contribution in [1.29, 1.82) is 0 Å². The first-order valence-corrected chi connectivity index (χ1v) is 8.18. The maximum Gasteiger partial charge on any atom is 0.240 e. The lowest BCUT2D eigenvalue weighted by Gasteiger charge is -2.30. The first-order valence-electron chi connectivity index (χ1n) is 8.18. The van der Waals surface area contributed by atoms with Crippen LogP contribution in [-0.2, 0) is 4.79 Å². The van der Waals surface area contributed by atoms with Crippen LogP contribution in [0.3, 0.4) is 0 Å². The van der Waals surface area contributed by atoms with E-state index in [4.69, 9.17) is 0 Å². The molecule has 1 aliphatic heterocycles. The molecule has 0 aliphatic carbocycles. The summed E-state index contributed by atoms with van der Waals surface area (Å²) in [4.78, 5) is 12.8. The largest absolute Gasteiger partial charge is 0.348 e. The van der Waals surface area contributed by atoms with Gasteiger partial charge in [-0.1, -0.05) is 51.1 Å². The third-order valence-corrected chi connectivity index (χ3v) is 4.50. The Morgan fingerprint density at radius 3 is 2.57 bits per heavy atom. The van der Waals surface area contributed by atoms with Crippen LogP contribution in [0.25, 0.3) is 0 Å². The maximum absolute atomic E-state index is 12.8. The van der Waals surface area contributed by atoms with Crippen LogP contribution in [0.1, 0.15) is 58.1 Å². The minimum atomic E-state index is -0.357. The molecule has 1 heterocycles. The van der Waals surface area contributed by atoms with Crippen molar-refractivity contribution in [2.24, 2.45) is 5.92 Å². The summed E-state index contributed by atoms with van der Waals surface area (Å²) in [6, 6.07) is 10.4. The van der Waals surface area contributed by atoms with Crippen LogP contribution < -0.4 is 10.6 Å². The fourth-order valence-corrected chi connectivity index (χ4v) is 3.19. The molecule has 3 nitrogen and oxygen atoms in total. The molecule has 0 radical (unpaired) electrons. The standard InChI is InChI=1S/C18H28N2O/c1-4-18(11-8-12-19-18)17(21)20-16(13-14(2)3)15-9-6-5-7-10-15/h5-7,9-10,14,16,19H,4,8,11-13H2,1-3H3,(H,20,21). The minimum absolute atomic E-state index is 0.101. The van der Waals surface area contributed by atoms with Crippen LogP contribution in [0.4, 0.5) is 0 Å². The molecular weight excluding hydrogens is 260 g/mol. The van der Waals surface area contributed by atoms with Gasteiger partial charge < -0.3 is 10.6 Å². The van der Waals surface area contributed by atoms with E-state index < -0.39 is 0 Å². The predicted molar refractivity (Wildman–Crippen MR) is 87.0 cm³/mol. The van der Waals surface area contributed by atoms with E-state index in [1.807, 2.05) is 18.2 Å². The quantitative estimate of drug-likeness (QED) is 0.842. The number of nitrogens with one attached hydrogen (secondary N) is 2. The highest BCUT2D eigenvalue weighted by Crippen LogP contribution is 2.27. The van der Waals surface area contributed by atoms with Gasteiger partial charge in [-0.05, 0) is 43.7 Å². The maximum atomic E-state index is 12.8. The third kappa shape index (κ3) is 3.85. The summed E-state index contributed by atoms with van der Waals surface area (Å²) in [6.45, 7) is 7.44. The van der Waals surface area contributed by atoms with Gasteiger partial charge in [-0.3, -0.25) is 4.79 Å². The number of hydrogen-bond donors (Lipinski definition) is 2. The van der Waals surface area contributed by atoms with Gasteiger partial charge in [0, 0.05) is 0 Å². The van der Waals surface area contributed by atoms with E-state index in [0.717, 1.165) is 32.2 Å². The zero-order valence-corrected chi connectivity index (χ0v) is 13.5. The normalized spacial score (nSPS) is 23.2. The second kappa shape index (κ2) is 7.08. The molecule has 3 heteroatoms. The van der Waals surface area contributed by atoms with Crippen LogP contribution in [-0.4, -0.2) is 18.0 Å². The zero-order chi connectivity index (χ0) is 15.3. The molecule has 1 aromatic carbocycles. The molecule has 1 amide bonds. The minimum Gasteiger partial charge on any atom is -0.348 e. The Balaban J connectivity index is 2.13. The van der Waals surface area contributed by atoms with Gasteiger partial charge in [0.05, 0.1) is 11.6 Å². The van der Waals surface area contributed by atoms with Crippen LogP contribution in [0.15, 0.2) is 30.3 Å². The molecule has 2 rings (SSSR count). The molecule has 2 atom stereocenters. The van der Waals surface area contributed by atoms with E-state index in [2.05, 4.69) is 43.5 Å². The molecule has 0 aromatic heterocycles. The van der Waals surface area contributed by atoms with Crippen molar-refractivity contribution in [3.63, 3.8) is 0 Å². The number of hydrogen-bond acceptors (Lipinski definition) is 2. The summed E-state index contributed by atoms with van der Waals surface area (Å²) < 4.78 is 0. The van der Waals surface area contributed by atoms with Gasteiger partial charge in [0.2, 0.25) is 5.91 Å². The lowest BCUT2D eigenvalue weighted by atomic mass is 9.91. The van der Waals surface area contributed by atoms with Crippen molar-refractivity contribution in [2.75, 3.05) is 6.54 Å². The van der Waals surface area contributed by atoms with Crippen molar-refractivity contribution >= 4 is 5.91 Å². The average molecular weight is 288 g/mol. The highest BCUT2D eigenvalue weighted by atomic mass is 16.2. The summed E-state index contributed by atoms with van der Waals surface area (Å²) in [6.07, 6.45) is 3.84. The number of amides is 1. The Morgan fingerprint density at radius 1 is 1.33 bits per heavy atom. The fourth-order valence-electron chi connectivity index (χ4n) is 3.19. The van der Waals surface area contributed by atoms with Gasteiger partial charge in [-0.15, -0.1) is 0 Å². The predicted octanol–water partition coefficient (Wildman–Crippen LogP) is 3.42. The molecular formula is C18H28N2O. The highest BCUT2D eigenvalue weighted by molar-refractivity contribution is 5.87. The summed E-state index contributed by atoms with van der Waals surface area (Å²) >= 11 is 0. The van der Waals surface area contributed by atoms with E-state index >= 15 is 0 Å². The third-order valence-electron chi connectivity index (χ3n) is 4.50. The molecule has 21 heavy (non-hydrogen) atoms. The van der Waals surface area contributed by atoms with Crippen LogP contribution in [0.2, 0.25) is 0 Å². The Kier molecular flexibility index (Phi) is 5.40. The number of benzene rings is 1. The molecule has 0 bridgehead atoms. The zero-order valence-electron chi connectivity index (χ0n) is 13.5. The van der Waals surface area contributed by atoms with Gasteiger partial charge in [0.1, 0.15) is 0 Å². The van der Waals surface area contributed by atoms with Crippen molar-refractivity contribution in [3.8, 4) is 0 Å². The van der Waals surface area contributed by atoms with E-state index in [1.54, 1.807) is 0 Å². The summed E-state index contributed by atoms with van der Waals surface area (Å²) in [5, 5.41) is 6.71. The molecule has 116 valence electrons. The topological polar surface area (TPSA) is 41.1 Å². The second-order valence-corrected chi connectivity index (χ2v) is 6.53. The van der Waals surface area contributed by atoms with E-state index in [-0.39, 0.29) is 17.5 Å². The Bertz CT molecular complexity index is 450. The number of carbonyl (C=O) groups is 1. The molecule has 1 aromatic rings. The lowest BCUT2D eigenvalue weighted by Crippen LogP contribution is -2.53. The van der Waals surface area contributed by atoms with Gasteiger partial charge in [0.25, 0.3) is 0 Å². The molecule has 1 fully saturated rings. The summed E-state index contributed by atoms with van der Waals surface area (Å²) in [5.41, 5.74) is 0.841. The van der Waals surface area contributed by atoms with E-state index in [0.29, 0.717) is 5.92 Å². The van der Waals surface area contributed by atoms with Crippen LogP contribution >= 0.6 is 0 Å². The second-order valence-electron chi connectivity index (χ2n) is 6.53. The Hall–Kier alpha value is -1.35. The fraction of sp³-hybridized carbons (Fsp3) is 0.611. The van der Waals surface area contributed by atoms with Gasteiger partial charge in [0.15, 0.2) is 0 Å². The average Bonchev–Trinajstić information content (AvgIpc) is 2.97. The monoisotopic (exact) mass is 288 g/mol. The molecule has 2 N–H and O–H groups in total. The Morgan fingerprint density at radius 2 is 2.05 bits per heavy atom. The SMILES string of the molecule is CCC1(C(=O)NC(CC(C)C)c2ccccc2)CCCN1. The van der Waals surface area contributed by atoms with E-state index in [1.165, 1.54) is 5.56 Å². The molecule has 0 saturated carbocycles. The molecule has 1 saturated heterocycles. The smallest absolute Gasteiger partial charge is 0.240 e. The van der Waals surface area contributed by atoms with Crippen LogP contribution in [0, 0.1) is 5.92 Å². The summed E-state index contributed by atoms with van der Waals surface area (Å²) in [7, 11) is 0. The van der Waals surface area contributed by atoms with Crippen molar-refractivity contribution in [2.45, 2.75) is 58.0 Å². The first kappa shape index (κ1) is 16.0. The van der Waals surface area contributed by atoms with Crippen molar-refractivity contribution in [3.05, 3.63) is 35.9 Å². The van der Waals surface area contributed by atoms with E-state index in [9.17, 15) is 4.79 Å². The van der Waals surface area contributed by atoms with Crippen molar-refractivity contribution in [1.82, 2.24) is 10.6 Å².